The summed E-state index contributed by atoms with van der Waals surface area (Å²) in [6.07, 6.45) is 5.07. The molecule has 5 heteroatoms. The van der Waals surface area contributed by atoms with Gasteiger partial charge in [-0.3, -0.25) is 4.79 Å². The molecule has 4 heterocycles. The highest BCUT2D eigenvalue weighted by Crippen LogP contribution is 2.45. The molecule has 1 spiro atoms. The lowest BCUT2D eigenvalue weighted by molar-refractivity contribution is -0.0771. The molecule has 4 nitrogen and oxygen atoms in total. The Morgan fingerprint density at radius 1 is 1.22 bits per heavy atom. The number of carbonyl (C=O) groups is 1. The van der Waals surface area contributed by atoms with Gasteiger partial charge >= 0.3 is 0 Å². The van der Waals surface area contributed by atoms with E-state index >= 15 is 0 Å². The maximum Gasteiger partial charge on any atom is 0.264 e. The molecular formula is C22H26N2O2S. The third-order valence-corrected chi connectivity index (χ3v) is 7.64. The SMILES string of the molecule is O=C(c1cc2c(s1)C1(CCNCC1)OCC2)N1CCCC1c1ccccc1. The number of rotatable bonds is 2. The molecule has 3 aliphatic rings. The Labute approximate surface area is 164 Å². The number of nitrogens with zero attached hydrogens (tertiary/aromatic N) is 1. The van der Waals surface area contributed by atoms with Crippen molar-refractivity contribution < 1.29 is 9.53 Å². The number of carbonyl (C=O) groups excluding carboxylic acids is 1. The largest absolute Gasteiger partial charge is 0.369 e. The van der Waals surface area contributed by atoms with E-state index in [-0.39, 0.29) is 17.6 Å². The maximum atomic E-state index is 13.4. The van der Waals surface area contributed by atoms with E-state index in [1.54, 1.807) is 11.3 Å². The molecule has 1 N–H and O–H groups in total. The van der Waals surface area contributed by atoms with Gasteiger partial charge in [0, 0.05) is 11.4 Å². The number of thiophene rings is 1. The number of likely N-dealkylation sites (tertiary alicyclic amines) is 1. The van der Waals surface area contributed by atoms with Crippen LogP contribution in [0.15, 0.2) is 36.4 Å². The van der Waals surface area contributed by atoms with Crippen molar-refractivity contribution in [3.63, 3.8) is 0 Å². The molecule has 1 aromatic carbocycles. The number of hydrogen-bond acceptors (Lipinski definition) is 4. The minimum Gasteiger partial charge on any atom is -0.369 e. The molecule has 1 unspecified atom stereocenters. The van der Waals surface area contributed by atoms with Gasteiger partial charge in [0.25, 0.3) is 5.91 Å². The van der Waals surface area contributed by atoms with Gasteiger partial charge in [-0.1, -0.05) is 30.3 Å². The fourth-order valence-corrected chi connectivity index (χ4v) is 6.27. The van der Waals surface area contributed by atoms with Gasteiger partial charge in [-0.05, 0) is 62.4 Å². The number of piperidine rings is 1. The first-order valence-electron chi connectivity index (χ1n) is 10.1. The van der Waals surface area contributed by atoms with E-state index in [1.165, 1.54) is 16.0 Å². The Morgan fingerprint density at radius 3 is 2.85 bits per heavy atom. The number of hydrogen-bond donors (Lipinski definition) is 1. The second-order valence-electron chi connectivity index (χ2n) is 7.88. The Bertz CT molecular complexity index is 826. The zero-order valence-electron chi connectivity index (χ0n) is 15.6. The molecule has 0 saturated carbocycles. The van der Waals surface area contributed by atoms with Crippen LogP contribution >= 0.6 is 11.3 Å². The summed E-state index contributed by atoms with van der Waals surface area (Å²) < 4.78 is 6.29. The highest BCUT2D eigenvalue weighted by molar-refractivity contribution is 7.14. The predicted molar refractivity (Wildman–Crippen MR) is 107 cm³/mol. The summed E-state index contributed by atoms with van der Waals surface area (Å²) in [4.78, 5) is 17.7. The third-order valence-electron chi connectivity index (χ3n) is 6.29. The van der Waals surface area contributed by atoms with Gasteiger partial charge in [0.1, 0.15) is 5.60 Å². The van der Waals surface area contributed by atoms with Crippen LogP contribution < -0.4 is 5.32 Å². The number of nitrogens with one attached hydrogen (secondary N) is 1. The lowest BCUT2D eigenvalue weighted by atomic mass is 9.86. The van der Waals surface area contributed by atoms with Gasteiger partial charge in [0.05, 0.1) is 17.5 Å². The molecule has 0 aliphatic carbocycles. The van der Waals surface area contributed by atoms with Crippen LogP contribution in [0.4, 0.5) is 0 Å². The normalized spacial score (nSPS) is 24.1. The first kappa shape index (κ1) is 17.4. The highest BCUT2D eigenvalue weighted by atomic mass is 32.1. The quantitative estimate of drug-likeness (QED) is 0.857. The molecule has 3 aliphatic heterocycles. The zero-order valence-corrected chi connectivity index (χ0v) is 16.4. The average molecular weight is 383 g/mol. The van der Waals surface area contributed by atoms with Crippen molar-refractivity contribution in [1.29, 1.82) is 0 Å². The molecule has 1 amide bonds. The molecule has 2 saturated heterocycles. The standard InChI is InChI=1S/C22H26N2O2S/c25-21(24-13-4-7-18(24)16-5-2-1-3-6-16)19-15-17-8-14-26-22(20(17)27-19)9-11-23-12-10-22/h1-3,5-6,15,18,23H,4,7-14H2. The topological polar surface area (TPSA) is 41.6 Å². The van der Waals surface area contributed by atoms with Crippen LogP contribution in [0.5, 0.6) is 0 Å². The van der Waals surface area contributed by atoms with E-state index in [9.17, 15) is 4.79 Å². The van der Waals surface area contributed by atoms with Crippen LogP contribution in [-0.2, 0) is 16.8 Å². The molecule has 1 atom stereocenters. The van der Waals surface area contributed by atoms with E-state index in [4.69, 9.17) is 4.74 Å². The first-order chi connectivity index (χ1) is 13.3. The van der Waals surface area contributed by atoms with Crippen molar-refractivity contribution in [3.8, 4) is 0 Å². The number of ether oxygens (including phenoxy) is 1. The lowest BCUT2D eigenvalue weighted by Gasteiger charge is -2.40. The molecule has 0 radical (unpaired) electrons. The van der Waals surface area contributed by atoms with Crippen LogP contribution in [-0.4, -0.2) is 37.0 Å². The monoisotopic (exact) mass is 382 g/mol. The molecule has 0 bridgehead atoms. The third kappa shape index (κ3) is 3.02. The summed E-state index contributed by atoms with van der Waals surface area (Å²) in [6.45, 7) is 3.60. The van der Waals surface area contributed by atoms with Crippen molar-refractivity contribution in [2.24, 2.45) is 0 Å². The molecule has 2 aromatic rings. The van der Waals surface area contributed by atoms with Gasteiger partial charge in [-0.2, -0.15) is 0 Å². The predicted octanol–water partition coefficient (Wildman–Crippen LogP) is 3.88. The maximum absolute atomic E-state index is 13.4. The van der Waals surface area contributed by atoms with E-state index in [2.05, 4.69) is 40.5 Å². The molecule has 2 fully saturated rings. The van der Waals surface area contributed by atoms with Gasteiger partial charge in [0.15, 0.2) is 0 Å². The number of benzene rings is 1. The summed E-state index contributed by atoms with van der Waals surface area (Å²) in [5, 5.41) is 3.43. The summed E-state index contributed by atoms with van der Waals surface area (Å²) in [7, 11) is 0. The van der Waals surface area contributed by atoms with E-state index in [1.807, 2.05) is 6.07 Å². The molecule has 27 heavy (non-hydrogen) atoms. The summed E-state index contributed by atoms with van der Waals surface area (Å²) in [5.74, 6) is 0.199. The Morgan fingerprint density at radius 2 is 2.04 bits per heavy atom. The van der Waals surface area contributed by atoms with Gasteiger partial charge < -0.3 is 15.0 Å². The van der Waals surface area contributed by atoms with Gasteiger partial charge in [0.2, 0.25) is 0 Å². The first-order valence-corrected chi connectivity index (χ1v) is 10.9. The van der Waals surface area contributed by atoms with Gasteiger partial charge in [-0.25, -0.2) is 0 Å². The summed E-state index contributed by atoms with van der Waals surface area (Å²) >= 11 is 1.69. The van der Waals surface area contributed by atoms with E-state index in [0.29, 0.717) is 0 Å². The average Bonchev–Trinajstić information content (AvgIpc) is 3.37. The number of amides is 1. The van der Waals surface area contributed by atoms with Gasteiger partial charge in [-0.15, -0.1) is 11.3 Å². The molecule has 5 rings (SSSR count). The lowest BCUT2D eigenvalue weighted by Crippen LogP contribution is -2.43. The van der Waals surface area contributed by atoms with E-state index in [0.717, 1.165) is 63.2 Å². The van der Waals surface area contributed by atoms with E-state index < -0.39 is 0 Å². The van der Waals surface area contributed by atoms with Crippen LogP contribution in [0.2, 0.25) is 0 Å². The zero-order chi connectivity index (χ0) is 18.3. The fraction of sp³-hybridized carbons (Fsp3) is 0.500. The van der Waals surface area contributed by atoms with Crippen molar-refractivity contribution in [1.82, 2.24) is 10.2 Å². The van der Waals surface area contributed by atoms with Crippen LogP contribution in [0, 0.1) is 0 Å². The molecular weight excluding hydrogens is 356 g/mol. The smallest absolute Gasteiger partial charge is 0.264 e. The van der Waals surface area contributed by atoms with Crippen molar-refractivity contribution in [2.75, 3.05) is 26.2 Å². The van der Waals surface area contributed by atoms with Crippen LogP contribution in [0.25, 0.3) is 0 Å². The Balaban J connectivity index is 1.44. The van der Waals surface area contributed by atoms with Crippen LogP contribution in [0.3, 0.4) is 0 Å². The summed E-state index contributed by atoms with van der Waals surface area (Å²) in [6, 6.07) is 12.8. The Kier molecular flexibility index (Phi) is 4.54. The molecule has 1 aromatic heterocycles. The number of fused-ring (bicyclic) bond motifs is 2. The van der Waals surface area contributed by atoms with Crippen LogP contribution in [0.1, 0.15) is 57.4 Å². The minimum absolute atomic E-state index is 0.161. The second-order valence-corrected chi connectivity index (χ2v) is 8.93. The fourth-order valence-electron chi connectivity index (χ4n) is 4.90. The minimum atomic E-state index is -0.161. The second kappa shape index (κ2) is 7.04. The summed E-state index contributed by atoms with van der Waals surface area (Å²) in [5.41, 5.74) is 2.43. The van der Waals surface area contributed by atoms with Crippen molar-refractivity contribution >= 4 is 17.2 Å². The molecule has 142 valence electrons. The highest BCUT2D eigenvalue weighted by Gasteiger charge is 2.42. The van der Waals surface area contributed by atoms with Crippen molar-refractivity contribution in [2.45, 2.75) is 43.7 Å². The van der Waals surface area contributed by atoms with Crippen molar-refractivity contribution in [3.05, 3.63) is 57.3 Å². The Hall–Kier alpha value is -1.69.